The molecule has 0 atom stereocenters. The van der Waals surface area contributed by atoms with Crippen molar-refractivity contribution in [3.05, 3.63) is 51.6 Å². The van der Waals surface area contributed by atoms with Gasteiger partial charge in [-0.25, -0.2) is 13.4 Å². The molecule has 148 valence electrons. The Morgan fingerprint density at radius 2 is 2.00 bits per heavy atom. The van der Waals surface area contributed by atoms with E-state index in [1.54, 1.807) is 46.1 Å². The molecule has 0 radical (unpaired) electrons. The summed E-state index contributed by atoms with van der Waals surface area (Å²) in [5.41, 5.74) is 1.38. The first kappa shape index (κ1) is 19.7. The molecule has 1 N–H and O–H groups in total. The summed E-state index contributed by atoms with van der Waals surface area (Å²) in [6.45, 7) is 1.12. The zero-order chi connectivity index (χ0) is 19.7. The van der Waals surface area contributed by atoms with Gasteiger partial charge in [0.15, 0.2) is 0 Å². The second-order valence-corrected chi connectivity index (χ2v) is 10.6. The maximum absolute atomic E-state index is 12.9. The van der Waals surface area contributed by atoms with Gasteiger partial charge in [0.1, 0.15) is 15.4 Å². The van der Waals surface area contributed by atoms with E-state index in [1.807, 2.05) is 0 Å². The minimum absolute atomic E-state index is 0.0729. The number of aromatic nitrogens is 2. The van der Waals surface area contributed by atoms with E-state index >= 15 is 0 Å². The van der Waals surface area contributed by atoms with Gasteiger partial charge >= 0.3 is 0 Å². The predicted molar refractivity (Wildman–Crippen MR) is 112 cm³/mol. The number of halogens is 1. The molecule has 3 aromatic heterocycles. The summed E-state index contributed by atoms with van der Waals surface area (Å²) in [5.74, 6) is 1.11. The van der Waals surface area contributed by atoms with Gasteiger partial charge in [0.05, 0.1) is 17.3 Å². The molecule has 4 heterocycles. The molecule has 7 nitrogen and oxygen atoms in total. The first-order valence-corrected chi connectivity index (χ1v) is 12.4. The molecular formula is C17H17ClN4O3S3. The topological polar surface area (TPSA) is 83.8 Å². The largest absolute Gasteiger partial charge is 0.346 e. The van der Waals surface area contributed by atoms with Gasteiger partial charge in [-0.1, -0.05) is 11.6 Å². The number of nitrogens with one attached hydrogen (secondary N) is 1. The average molecular weight is 457 g/mol. The van der Waals surface area contributed by atoms with Gasteiger partial charge in [-0.3, -0.25) is 4.79 Å². The summed E-state index contributed by atoms with van der Waals surface area (Å²) >= 11 is 8.82. The normalized spacial score (nSPS) is 15.8. The Morgan fingerprint density at radius 1 is 1.21 bits per heavy atom. The zero-order valence-corrected chi connectivity index (χ0v) is 17.9. The van der Waals surface area contributed by atoms with Crippen LogP contribution < -0.4 is 5.32 Å². The predicted octanol–water partition coefficient (Wildman–Crippen LogP) is 2.72. The molecule has 1 aliphatic heterocycles. The third-order valence-electron chi connectivity index (χ3n) is 4.32. The van der Waals surface area contributed by atoms with Crippen LogP contribution in [0.4, 0.5) is 0 Å². The van der Waals surface area contributed by atoms with Gasteiger partial charge in [-0.15, -0.1) is 11.3 Å². The quantitative estimate of drug-likeness (QED) is 0.638. The van der Waals surface area contributed by atoms with Crippen LogP contribution >= 0.6 is 34.7 Å². The summed E-state index contributed by atoms with van der Waals surface area (Å²) in [6.07, 6.45) is 3.51. The summed E-state index contributed by atoms with van der Waals surface area (Å²) in [6, 6.07) is 5.03. The van der Waals surface area contributed by atoms with Crippen LogP contribution in [0.5, 0.6) is 0 Å². The molecule has 3 aromatic rings. The van der Waals surface area contributed by atoms with Gasteiger partial charge < -0.3 is 9.72 Å². The van der Waals surface area contributed by atoms with Crippen molar-refractivity contribution in [1.29, 1.82) is 0 Å². The summed E-state index contributed by atoms with van der Waals surface area (Å²) < 4.78 is 29.1. The number of imidazole rings is 1. The van der Waals surface area contributed by atoms with Gasteiger partial charge in [0, 0.05) is 37.0 Å². The number of fused-ring (bicyclic) bond motifs is 1. The SMILES string of the molecule is O=C(NCc1cn2cc(Cl)ccc2n1)c1sccc1S(=O)(=O)N1CCSCC1. The number of sulfonamides is 1. The number of hydrogen-bond acceptors (Lipinski definition) is 6. The van der Waals surface area contributed by atoms with Gasteiger partial charge in [0.2, 0.25) is 10.0 Å². The molecule has 1 amide bonds. The van der Waals surface area contributed by atoms with Crippen molar-refractivity contribution in [3.63, 3.8) is 0 Å². The highest BCUT2D eigenvalue weighted by Gasteiger charge is 2.31. The maximum Gasteiger partial charge on any atom is 0.263 e. The monoisotopic (exact) mass is 456 g/mol. The molecule has 1 aliphatic rings. The number of rotatable bonds is 5. The van der Waals surface area contributed by atoms with Crippen LogP contribution in [0.2, 0.25) is 5.02 Å². The summed E-state index contributed by atoms with van der Waals surface area (Å²) in [4.78, 5) is 17.3. The van der Waals surface area contributed by atoms with Crippen LogP contribution in [-0.4, -0.2) is 52.6 Å². The Morgan fingerprint density at radius 3 is 2.79 bits per heavy atom. The molecule has 28 heavy (non-hydrogen) atoms. The Balaban J connectivity index is 1.50. The standard InChI is InChI=1S/C17H17ClN4O3S3/c18-12-1-2-15-20-13(11-21(15)10-12)9-19-17(23)16-14(3-6-27-16)28(24,25)22-4-7-26-8-5-22/h1-3,6,10-11H,4-5,7-9H2,(H,19,23). The molecule has 1 fully saturated rings. The highest BCUT2D eigenvalue weighted by atomic mass is 35.5. The summed E-state index contributed by atoms with van der Waals surface area (Å²) in [5, 5.41) is 4.99. The van der Waals surface area contributed by atoms with Gasteiger partial charge in [-0.2, -0.15) is 16.1 Å². The average Bonchev–Trinajstić information content (AvgIpc) is 3.33. The minimum Gasteiger partial charge on any atom is -0.346 e. The van der Waals surface area contributed by atoms with Crippen LogP contribution in [0.15, 0.2) is 40.9 Å². The van der Waals surface area contributed by atoms with Crippen molar-refractivity contribution < 1.29 is 13.2 Å². The Hall–Kier alpha value is -1.59. The van der Waals surface area contributed by atoms with Crippen molar-refractivity contribution in [2.24, 2.45) is 0 Å². The van der Waals surface area contributed by atoms with Gasteiger partial charge in [-0.05, 0) is 23.6 Å². The Bertz CT molecular complexity index is 1120. The zero-order valence-electron chi connectivity index (χ0n) is 14.7. The lowest BCUT2D eigenvalue weighted by Crippen LogP contribution is -2.38. The fourth-order valence-corrected chi connectivity index (χ4v) is 7.01. The fourth-order valence-electron chi connectivity index (χ4n) is 2.95. The van der Waals surface area contributed by atoms with E-state index in [4.69, 9.17) is 11.6 Å². The van der Waals surface area contributed by atoms with E-state index in [2.05, 4.69) is 10.3 Å². The van der Waals surface area contributed by atoms with E-state index in [0.717, 1.165) is 28.5 Å². The van der Waals surface area contributed by atoms with Crippen molar-refractivity contribution in [2.45, 2.75) is 11.4 Å². The number of nitrogens with zero attached hydrogens (tertiary/aromatic N) is 3. The molecule has 0 unspecified atom stereocenters. The molecule has 0 spiro atoms. The van der Waals surface area contributed by atoms with Crippen LogP contribution in [-0.2, 0) is 16.6 Å². The van der Waals surface area contributed by atoms with Crippen LogP contribution in [0.25, 0.3) is 5.65 Å². The molecular weight excluding hydrogens is 440 g/mol. The lowest BCUT2D eigenvalue weighted by molar-refractivity contribution is 0.0951. The lowest BCUT2D eigenvalue weighted by Gasteiger charge is -2.25. The van der Waals surface area contributed by atoms with Crippen molar-refractivity contribution >= 4 is 56.3 Å². The second kappa shape index (κ2) is 8.03. The number of thioether (sulfide) groups is 1. The molecule has 0 aromatic carbocycles. The van der Waals surface area contributed by atoms with Crippen LogP contribution in [0, 0.1) is 0 Å². The number of amides is 1. The first-order valence-electron chi connectivity index (χ1n) is 8.52. The van der Waals surface area contributed by atoms with Crippen LogP contribution in [0.1, 0.15) is 15.4 Å². The Kier molecular flexibility index (Phi) is 5.66. The number of carbonyl (C=O) groups is 1. The van der Waals surface area contributed by atoms with E-state index in [0.29, 0.717) is 23.8 Å². The van der Waals surface area contributed by atoms with Crippen molar-refractivity contribution in [2.75, 3.05) is 24.6 Å². The summed E-state index contributed by atoms with van der Waals surface area (Å²) in [7, 11) is -3.67. The number of thiophene rings is 1. The number of hydrogen-bond donors (Lipinski definition) is 1. The first-order chi connectivity index (χ1) is 13.4. The second-order valence-electron chi connectivity index (χ2n) is 6.16. The van der Waals surface area contributed by atoms with Gasteiger partial charge in [0.25, 0.3) is 5.91 Å². The molecule has 0 saturated carbocycles. The highest BCUT2D eigenvalue weighted by molar-refractivity contribution is 7.99. The number of carbonyl (C=O) groups excluding carboxylic acids is 1. The Labute approximate surface area is 175 Å². The third-order valence-corrected chi connectivity index (χ3v) is 8.47. The molecule has 0 bridgehead atoms. The van der Waals surface area contributed by atoms with Crippen molar-refractivity contribution in [1.82, 2.24) is 19.0 Å². The number of pyridine rings is 1. The van der Waals surface area contributed by atoms with E-state index < -0.39 is 15.9 Å². The smallest absolute Gasteiger partial charge is 0.263 e. The molecule has 0 aliphatic carbocycles. The maximum atomic E-state index is 12.9. The fraction of sp³-hybridized carbons (Fsp3) is 0.294. The van der Waals surface area contributed by atoms with E-state index in [9.17, 15) is 13.2 Å². The highest BCUT2D eigenvalue weighted by Crippen LogP contribution is 2.27. The molecule has 1 saturated heterocycles. The minimum atomic E-state index is -3.67. The van der Waals surface area contributed by atoms with Crippen LogP contribution in [0.3, 0.4) is 0 Å². The molecule has 4 rings (SSSR count). The molecule has 11 heteroatoms. The lowest BCUT2D eigenvalue weighted by atomic mass is 10.4. The van der Waals surface area contributed by atoms with E-state index in [1.165, 1.54) is 10.4 Å². The van der Waals surface area contributed by atoms with E-state index in [-0.39, 0.29) is 16.3 Å². The third kappa shape index (κ3) is 3.92. The van der Waals surface area contributed by atoms with Crippen molar-refractivity contribution in [3.8, 4) is 0 Å².